The molecule has 3 rings (SSSR count). The number of carbonyl (C=O) groups is 2. The molecule has 0 aliphatic carbocycles. The van der Waals surface area contributed by atoms with Gasteiger partial charge in [0.05, 0.1) is 13.2 Å². The van der Waals surface area contributed by atoms with Gasteiger partial charge in [0.2, 0.25) is 11.8 Å². The molecule has 2 amide bonds. The summed E-state index contributed by atoms with van der Waals surface area (Å²) in [5.41, 5.74) is 1.09. The maximum absolute atomic E-state index is 12.4. The molecule has 0 atom stereocenters. The number of allylic oxidation sites excluding steroid dienone is 1. The Morgan fingerprint density at radius 2 is 2.08 bits per heavy atom. The van der Waals surface area contributed by atoms with E-state index in [0.29, 0.717) is 12.4 Å². The summed E-state index contributed by atoms with van der Waals surface area (Å²) in [6, 6.07) is 3.72. The number of carbonyl (C=O) groups excluding carboxylic acids is 2. The van der Waals surface area contributed by atoms with Gasteiger partial charge >= 0.3 is 0 Å². The lowest BCUT2D eigenvalue weighted by atomic mass is 9.76. The van der Waals surface area contributed by atoms with E-state index >= 15 is 0 Å². The summed E-state index contributed by atoms with van der Waals surface area (Å²) in [4.78, 5) is 30.6. The standard InChI is InChI=1S/C20H27N3O3/c1-16-5-4-11-21-19(16)22-17(24)6-7-18(25)23-12-9-20(10-13-23)8-2-3-14-26-15-20/h2-5,11H,6-10,12-15H2,1H3,(H,21,22,24). The fourth-order valence-electron chi connectivity index (χ4n) is 3.57. The van der Waals surface area contributed by atoms with Crippen molar-refractivity contribution in [2.75, 3.05) is 31.6 Å². The van der Waals surface area contributed by atoms with Crippen LogP contribution < -0.4 is 5.32 Å². The van der Waals surface area contributed by atoms with Crippen LogP contribution in [-0.4, -0.2) is 48.0 Å². The number of nitrogens with one attached hydrogen (secondary N) is 1. The predicted octanol–water partition coefficient (Wildman–Crippen LogP) is 2.69. The van der Waals surface area contributed by atoms with Gasteiger partial charge in [-0.05, 0) is 37.8 Å². The lowest BCUT2D eigenvalue weighted by Gasteiger charge is -2.40. The van der Waals surface area contributed by atoms with Gasteiger partial charge in [0.15, 0.2) is 0 Å². The largest absolute Gasteiger partial charge is 0.377 e. The monoisotopic (exact) mass is 357 g/mol. The van der Waals surface area contributed by atoms with Crippen LogP contribution in [0.5, 0.6) is 0 Å². The van der Waals surface area contributed by atoms with Crippen LogP contribution in [0.4, 0.5) is 5.82 Å². The van der Waals surface area contributed by atoms with Gasteiger partial charge in [-0.25, -0.2) is 4.98 Å². The van der Waals surface area contributed by atoms with Crippen molar-refractivity contribution in [3.63, 3.8) is 0 Å². The zero-order valence-electron chi connectivity index (χ0n) is 15.4. The molecular weight excluding hydrogens is 330 g/mol. The summed E-state index contributed by atoms with van der Waals surface area (Å²) in [5, 5.41) is 2.78. The Morgan fingerprint density at radius 3 is 2.85 bits per heavy atom. The van der Waals surface area contributed by atoms with E-state index < -0.39 is 0 Å². The average molecular weight is 357 g/mol. The predicted molar refractivity (Wildman–Crippen MR) is 99.7 cm³/mol. The van der Waals surface area contributed by atoms with E-state index in [2.05, 4.69) is 22.5 Å². The van der Waals surface area contributed by atoms with Crippen LogP contribution in [0.1, 0.15) is 37.7 Å². The Morgan fingerprint density at radius 1 is 1.27 bits per heavy atom. The number of piperidine rings is 1. The highest BCUT2D eigenvalue weighted by Crippen LogP contribution is 2.37. The quantitative estimate of drug-likeness (QED) is 0.841. The zero-order chi connectivity index (χ0) is 18.4. The fourth-order valence-corrected chi connectivity index (χ4v) is 3.57. The van der Waals surface area contributed by atoms with Crippen LogP contribution >= 0.6 is 0 Å². The first-order valence-electron chi connectivity index (χ1n) is 9.30. The Balaban J connectivity index is 1.43. The molecule has 2 aliphatic heterocycles. The number of nitrogens with zero attached hydrogens (tertiary/aromatic N) is 2. The highest BCUT2D eigenvalue weighted by molar-refractivity contribution is 5.93. The molecule has 140 valence electrons. The lowest BCUT2D eigenvalue weighted by molar-refractivity contribution is -0.135. The second-order valence-electron chi connectivity index (χ2n) is 7.29. The van der Waals surface area contributed by atoms with E-state index in [1.54, 1.807) is 6.20 Å². The number of aryl methyl sites for hydroxylation is 1. The molecule has 1 spiro atoms. The number of hydrogen-bond donors (Lipinski definition) is 1. The van der Waals surface area contributed by atoms with Gasteiger partial charge in [-0.1, -0.05) is 18.2 Å². The maximum atomic E-state index is 12.4. The van der Waals surface area contributed by atoms with Crippen molar-refractivity contribution in [2.24, 2.45) is 5.41 Å². The van der Waals surface area contributed by atoms with E-state index in [9.17, 15) is 9.59 Å². The van der Waals surface area contributed by atoms with Gasteiger partial charge in [-0.2, -0.15) is 0 Å². The molecule has 0 aromatic carbocycles. The zero-order valence-corrected chi connectivity index (χ0v) is 15.4. The molecule has 1 fully saturated rings. The number of pyridine rings is 1. The number of anilines is 1. The van der Waals surface area contributed by atoms with E-state index in [1.165, 1.54) is 0 Å². The summed E-state index contributed by atoms with van der Waals surface area (Å²) < 4.78 is 5.68. The number of rotatable bonds is 4. The second kappa shape index (κ2) is 8.45. The van der Waals surface area contributed by atoms with Crippen LogP contribution in [0, 0.1) is 12.3 Å². The molecule has 1 aromatic rings. The Bertz CT molecular complexity index is 679. The third-order valence-electron chi connectivity index (χ3n) is 5.35. The molecule has 6 nitrogen and oxygen atoms in total. The Kier molecular flexibility index (Phi) is 6.04. The number of likely N-dealkylation sites (tertiary alicyclic amines) is 1. The van der Waals surface area contributed by atoms with Crippen molar-refractivity contribution in [1.82, 2.24) is 9.88 Å². The van der Waals surface area contributed by atoms with Crippen molar-refractivity contribution in [3.8, 4) is 0 Å². The third-order valence-corrected chi connectivity index (χ3v) is 5.35. The minimum atomic E-state index is -0.170. The molecular formula is C20H27N3O3. The molecule has 1 saturated heterocycles. The number of aromatic nitrogens is 1. The van der Waals surface area contributed by atoms with Gasteiger partial charge in [0.1, 0.15) is 5.82 Å². The average Bonchev–Trinajstić information content (AvgIpc) is 2.88. The first kappa shape index (κ1) is 18.6. The summed E-state index contributed by atoms with van der Waals surface area (Å²) in [5.74, 6) is 0.444. The van der Waals surface area contributed by atoms with E-state index in [0.717, 1.165) is 44.5 Å². The van der Waals surface area contributed by atoms with Crippen molar-refractivity contribution in [2.45, 2.75) is 39.0 Å². The first-order valence-corrected chi connectivity index (χ1v) is 9.30. The molecule has 26 heavy (non-hydrogen) atoms. The molecule has 1 N–H and O–H groups in total. The smallest absolute Gasteiger partial charge is 0.226 e. The van der Waals surface area contributed by atoms with Crippen LogP contribution in [0.15, 0.2) is 30.5 Å². The van der Waals surface area contributed by atoms with Gasteiger partial charge in [-0.15, -0.1) is 0 Å². The van der Waals surface area contributed by atoms with Gasteiger partial charge in [-0.3, -0.25) is 9.59 Å². The van der Waals surface area contributed by atoms with E-state index in [-0.39, 0.29) is 30.1 Å². The van der Waals surface area contributed by atoms with E-state index in [1.807, 2.05) is 24.0 Å². The van der Waals surface area contributed by atoms with Crippen LogP contribution in [0.2, 0.25) is 0 Å². The van der Waals surface area contributed by atoms with Crippen molar-refractivity contribution >= 4 is 17.6 Å². The Hall–Kier alpha value is -2.21. The fraction of sp³-hybridized carbons (Fsp3) is 0.550. The molecule has 3 heterocycles. The van der Waals surface area contributed by atoms with Crippen molar-refractivity contribution in [1.29, 1.82) is 0 Å². The summed E-state index contributed by atoms with van der Waals surface area (Å²) in [7, 11) is 0. The third kappa shape index (κ3) is 4.69. The summed E-state index contributed by atoms with van der Waals surface area (Å²) in [6.45, 7) is 4.85. The number of amides is 2. The van der Waals surface area contributed by atoms with Crippen LogP contribution in [0.3, 0.4) is 0 Å². The molecule has 2 aliphatic rings. The topological polar surface area (TPSA) is 71.5 Å². The molecule has 0 saturated carbocycles. The number of ether oxygens (including phenoxy) is 1. The molecule has 1 aromatic heterocycles. The van der Waals surface area contributed by atoms with Crippen LogP contribution in [0.25, 0.3) is 0 Å². The molecule has 0 unspecified atom stereocenters. The molecule has 6 heteroatoms. The highest BCUT2D eigenvalue weighted by atomic mass is 16.5. The minimum absolute atomic E-state index is 0.0535. The van der Waals surface area contributed by atoms with Gasteiger partial charge in [0.25, 0.3) is 0 Å². The lowest BCUT2D eigenvalue weighted by Crippen LogP contribution is -2.44. The van der Waals surface area contributed by atoms with Crippen molar-refractivity contribution in [3.05, 3.63) is 36.0 Å². The van der Waals surface area contributed by atoms with Gasteiger partial charge < -0.3 is 15.0 Å². The van der Waals surface area contributed by atoms with E-state index in [4.69, 9.17) is 4.74 Å². The second-order valence-corrected chi connectivity index (χ2v) is 7.29. The molecule has 0 bridgehead atoms. The SMILES string of the molecule is Cc1cccnc1NC(=O)CCC(=O)N1CCC2(CC=CCOC2)CC1. The minimum Gasteiger partial charge on any atom is -0.377 e. The van der Waals surface area contributed by atoms with Gasteiger partial charge in [0, 0.05) is 37.5 Å². The molecule has 0 radical (unpaired) electrons. The maximum Gasteiger partial charge on any atom is 0.226 e. The summed E-state index contributed by atoms with van der Waals surface area (Å²) >= 11 is 0. The number of hydrogen-bond acceptors (Lipinski definition) is 4. The normalized spacial score (nSPS) is 19.2. The Labute approximate surface area is 154 Å². The van der Waals surface area contributed by atoms with Crippen molar-refractivity contribution < 1.29 is 14.3 Å². The summed E-state index contributed by atoms with van der Waals surface area (Å²) in [6.07, 6.45) is 9.29. The first-order chi connectivity index (χ1) is 12.6. The highest BCUT2D eigenvalue weighted by Gasteiger charge is 2.35. The van der Waals surface area contributed by atoms with Crippen LogP contribution in [-0.2, 0) is 14.3 Å².